The minimum Gasteiger partial charge on any atom is -0.480 e. The largest absolute Gasteiger partial charge is 0.480 e. The van der Waals surface area contributed by atoms with E-state index in [9.17, 15) is 9.90 Å². The molecule has 0 radical (unpaired) electrons. The van der Waals surface area contributed by atoms with Crippen LogP contribution in [0.4, 0.5) is 0 Å². The van der Waals surface area contributed by atoms with Crippen molar-refractivity contribution in [1.29, 1.82) is 0 Å². The van der Waals surface area contributed by atoms with Crippen LogP contribution in [-0.2, 0) is 11.2 Å². The van der Waals surface area contributed by atoms with Crippen molar-refractivity contribution in [3.05, 3.63) is 76.8 Å². The SMILES string of the molecule is O=C(O)[C@H](Cc1ccccc1)N=C/C=C/c1ccc(Cl)cc1. The number of hydrogen-bond acceptors (Lipinski definition) is 2. The summed E-state index contributed by atoms with van der Waals surface area (Å²) in [5, 5.41) is 9.91. The molecule has 0 aliphatic rings. The van der Waals surface area contributed by atoms with E-state index in [1.807, 2.05) is 48.5 Å². The molecule has 0 aromatic heterocycles. The lowest BCUT2D eigenvalue weighted by Crippen LogP contribution is -2.20. The fourth-order valence-electron chi connectivity index (χ4n) is 1.92. The predicted octanol–water partition coefficient (Wildman–Crippen LogP) is 4.12. The Kier molecular flexibility index (Phi) is 5.92. The van der Waals surface area contributed by atoms with Crippen LogP contribution < -0.4 is 0 Å². The van der Waals surface area contributed by atoms with E-state index in [2.05, 4.69) is 4.99 Å². The second-order valence-corrected chi connectivity index (χ2v) is 5.19. The molecule has 0 spiro atoms. The van der Waals surface area contributed by atoms with E-state index < -0.39 is 12.0 Å². The number of aliphatic imine (C=N–C) groups is 1. The first-order valence-electron chi connectivity index (χ1n) is 6.87. The van der Waals surface area contributed by atoms with E-state index in [0.717, 1.165) is 11.1 Å². The van der Waals surface area contributed by atoms with Gasteiger partial charge in [0.1, 0.15) is 0 Å². The Hall–Kier alpha value is -2.39. The van der Waals surface area contributed by atoms with Gasteiger partial charge in [-0.25, -0.2) is 4.79 Å². The summed E-state index contributed by atoms with van der Waals surface area (Å²) in [6, 6.07) is 16.0. The molecule has 0 aliphatic heterocycles. The van der Waals surface area contributed by atoms with E-state index >= 15 is 0 Å². The second kappa shape index (κ2) is 8.15. The van der Waals surface area contributed by atoms with Gasteiger partial charge in [-0.05, 0) is 29.3 Å². The summed E-state index contributed by atoms with van der Waals surface area (Å²) in [7, 11) is 0. The van der Waals surface area contributed by atoms with Crippen LogP contribution in [0.5, 0.6) is 0 Å². The van der Waals surface area contributed by atoms with Crippen molar-refractivity contribution in [3.8, 4) is 0 Å². The van der Waals surface area contributed by atoms with Crippen LogP contribution in [0.25, 0.3) is 6.08 Å². The summed E-state index contributed by atoms with van der Waals surface area (Å²) in [6.07, 6.45) is 5.48. The number of aliphatic carboxylic acids is 1. The Morgan fingerprint density at radius 3 is 2.45 bits per heavy atom. The van der Waals surface area contributed by atoms with Gasteiger partial charge in [0.05, 0.1) is 0 Å². The molecule has 0 unspecified atom stereocenters. The van der Waals surface area contributed by atoms with Gasteiger partial charge in [-0.2, -0.15) is 0 Å². The molecular weight excluding hydrogens is 298 g/mol. The van der Waals surface area contributed by atoms with Crippen molar-refractivity contribution in [2.45, 2.75) is 12.5 Å². The first kappa shape index (κ1) is 16.0. The van der Waals surface area contributed by atoms with Crippen LogP contribution in [0.2, 0.25) is 5.02 Å². The van der Waals surface area contributed by atoms with Crippen LogP contribution in [0.3, 0.4) is 0 Å². The molecule has 4 heteroatoms. The highest BCUT2D eigenvalue weighted by molar-refractivity contribution is 6.30. The van der Waals surface area contributed by atoms with Crippen LogP contribution in [0, 0.1) is 0 Å². The number of allylic oxidation sites excluding steroid dienone is 1. The first-order chi connectivity index (χ1) is 10.6. The molecule has 0 amide bonds. The maximum atomic E-state index is 11.3. The molecule has 0 heterocycles. The van der Waals surface area contributed by atoms with Crippen molar-refractivity contribution >= 4 is 29.9 Å². The van der Waals surface area contributed by atoms with Crippen LogP contribution >= 0.6 is 11.6 Å². The van der Waals surface area contributed by atoms with E-state index in [4.69, 9.17) is 11.6 Å². The van der Waals surface area contributed by atoms with Crippen molar-refractivity contribution < 1.29 is 9.90 Å². The number of hydrogen-bond donors (Lipinski definition) is 1. The average Bonchev–Trinajstić information content (AvgIpc) is 2.53. The summed E-state index contributed by atoms with van der Waals surface area (Å²) in [4.78, 5) is 15.4. The fourth-order valence-corrected chi connectivity index (χ4v) is 2.05. The van der Waals surface area contributed by atoms with E-state index in [0.29, 0.717) is 11.4 Å². The molecule has 0 saturated heterocycles. The fraction of sp³-hybridized carbons (Fsp3) is 0.111. The van der Waals surface area contributed by atoms with Gasteiger partial charge >= 0.3 is 5.97 Å². The first-order valence-corrected chi connectivity index (χ1v) is 7.25. The Morgan fingerprint density at radius 2 is 1.82 bits per heavy atom. The van der Waals surface area contributed by atoms with Gasteiger partial charge in [0.25, 0.3) is 0 Å². The number of halogens is 1. The Labute approximate surface area is 134 Å². The third kappa shape index (κ3) is 5.19. The lowest BCUT2D eigenvalue weighted by atomic mass is 10.1. The lowest BCUT2D eigenvalue weighted by molar-refractivity contribution is -0.138. The van der Waals surface area contributed by atoms with Crippen molar-refractivity contribution in [1.82, 2.24) is 0 Å². The van der Waals surface area contributed by atoms with E-state index in [-0.39, 0.29) is 0 Å². The lowest BCUT2D eigenvalue weighted by Gasteiger charge is -2.06. The topological polar surface area (TPSA) is 49.7 Å². The minimum atomic E-state index is -0.931. The molecule has 0 saturated carbocycles. The Bertz CT molecular complexity index is 663. The van der Waals surface area contributed by atoms with Gasteiger partial charge in [-0.3, -0.25) is 4.99 Å². The highest BCUT2D eigenvalue weighted by Gasteiger charge is 2.15. The van der Waals surface area contributed by atoms with Gasteiger partial charge in [0.2, 0.25) is 0 Å². The molecule has 0 bridgehead atoms. The number of benzene rings is 2. The van der Waals surface area contributed by atoms with Gasteiger partial charge in [-0.15, -0.1) is 0 Å². The predicted molar refractivity (Wildman–Crippen MR) is 90.5 cm³/mol. The van der Waals surface area contributed by atoms with Gasteiger partial charge in [0.15, 0.2) is 6.04 Å². The highest BCUT2D eigenvalue weighted by Crippen LogP contribution is 2.10. The molecule has 112 valence electrons. The molecule has 1 N–H and O–H groups in total. The monoisotopic (exact) mass is 313 g/mol. The van der Waals surface area contributed by atoms with E-state index in [1.165, 1.54) is 6.21 Å². The average molecular weight is 314 g/mol. The van der Waals surface area contributed by atoms with Gasteiger partial charge in [0, 0.05) is 17.7 Å². The minimum absolute atomic E-state index is 0.376. The zero-order chi connectivity index (χ0) is 15.8. The molecule has 1 atom stereocenters. The van der Waals surface area contributed by atoms with Crippen molar-refractivity contribution in [2.24, 2.45) is 4.99 Å². The maximum absolute atomic E-state index is 11.3. The highest BCUT2D eigenvalue weighted by atomic mass is 35.5. The molecule has 0 fully saturated rings. The van der Waals surface area contributed by atoms with Gasteiger partial charge < -0.3 is 5.11 Å². The number of rotatable bonds is 6. The number of carboxylic acid groups (broad SMARTS) is 1. The third-order valence-electron chi connectivity index (χ3n) is 3.07. The van der Waals surface area contributed by atoms with Crippen LogP contribution in [-0.4, -0.2) is 23.3 Å². The molecule has 2 aromatic rings. The van der Waals surface area contributed by atoms with Crippen molar-refractivity contribution in [3.63, 3.8) is 0 Å². The summed E-state index contributed by atoms with van der Waals surface area (Å²) in [5.41, 5.74) is 1.93. The third-order valence-corrected chi connectivity index (χ3v) is 3.32. The molecule has 3 nitrogen and oxygen atoms in total. The Balaban J connectivity index is 1.98. The molecular formula is C18H16ClNO2. The Morgan fingerprint density at radius 1 is 1.14 bits per heavy atom. The summed E-state index contributed by atoms with van der Waals surface area (Å²) >= 11 is 5.81. The molecule has 2 aromatic carbocycles. The number of carbonyl (C=O) groups is 1. The second-order valence-electron chi connectivity index (χ2n) is 4.75. The normalized spacial score (nSPS) is 12.8. The van der Waals surface area contributed by atoms with E-state index in [1.54, 1.807) is 18.2 Å². The summed E-state index contributed by atoms with van der Waals surface area (Å²) in [5.74, 6) is -0.931. The molecule has 2 rings (SSSR count). The van der Waals surface area contributed by atoms with Crippen LogP contribution in [0.15, 0.2) is 65.7 Å². The summed E-state index contributed by atoms with van der Waals surface area (Å²) in [6.45, 7) is 0. The zero-order valence-corrected chi connectivity index (χ0v) is 12.6. The number of carboxylic acids is 1. The smallest absolute Gasteiger partial charge is 0.328 e. The summed E-state index contributed by atoms with van der Waals surface area (Å²) < 4.78 is 0. The van der Waals surface area contributed by atoms with Crippen molar-refractivity contribution in [2.75, 3.05) is 0 Å². The van der Waals surface area contributed by atoms with Crippen LogP contribution in [0.1, 0.15) is 11.1 Å². The standard InChI is InChI=1S/C18H16ClNO2/c19-16-10-8-14(9-11-16)7-4-12-20-17(18(21)22)13-15-5-2-1-3-6-15/h1-12,17H,13H2,(H,21,22)/b7-4+,20-12?/t17-/m0/s1. The molecule has 0 aliphatic carbocycles. The number of nitrogens with zero attached hydrogens (tertiary/aromatic N) is 1. The quantitative estimate of drug-likeness (QED) is 0.815. The van der Waals surface area contributed by atoms with Gasteiger partial charge in [-0.1, -0.05) is 60.1 Å². The zero-order valence-electron chi connectivity index (χ0n) is 11.9. The maximum Gasteiger partial charge on any atom is 0.328 e. The molecule has 22 heavy (non-hydrogen) atoms.